The van der Waals surface area contributed by atoms with Crippen molar-refractivity contribution < 1.29 is 0 Å². The van der Waals surface area contributed by atoms with Crippen LogP contribution in [0.5, 0.6) is 0 Å². The maximum atomic E-state index is 5.56. The van der Waals surface area contributed by atoms with Crippen molar-refractivity contribution in [2.75, 3.05) is 6.54 Å². The number of aromatic nitrogens is 5. The predicted octanol–water partition coefficient (Wildman–Crippen LogP) is 1.15. The van der Waals surface area contributed by atoms with Gasteiger partial charge < -0.3 is 5.73 Å². The highest BCUT2D eigenvalue weighted by atomic mass is 15.5. The number of benzene rings is 1. The number of hydrogen-bond donors (Lipinski definition) is 1. The van der Waals surface area contributed by atoms with Gasteiger partial charge in [0.15, 0.2) is 5.82 Å². The molecule has 0 aliphatic carbocycles. The Balaban J connectivity index is 1.79. The molecule has 0 radical (unpaired) electrons. The van der Waals surface area contributed by atoms with Crippen LogP contribution in [0.1, 0.15) is 17.0 Å². The molecule has 106 valence electrons. The molecule has 0 saturated heterocycles. The van der Waals surface area contributed by atoms with Crippen LogP contribution >= 0.6 is 0 Å². The monoisotopic (exact) mass is 280 g/mol. The molecule has 0 unspecified atom stereocenters. The zero-order valence-electron chi connectivity index (χ0n) is 11.6. The Morgan fingerprint density at radius 1 is 0.952 bits per heavy atom. The maximum Gasteiger partial charge on any atom is 0.157 e. The average Bonchev–Trinajstić information content (AvgIpc) is 2.98. The van der Waals surface area contributed by atoms with Crippen molar-refractivity contribution >= 4 is 0 Å². The number of pyridine rings is 1. The number of tetrazole rings is 1. The quantitative estimate of drug-likeness (QED) is 0.758. The molecule has 0 fully saturated rings. The lowest BCUT2D eigenvalue weighted by molar-refractivity contribution is 0.755. The van der Waals surface area contributed by atoms with Gasteiger partial charge in [-0.25, -0.2) is 0 Å². The van der Waals surface area contributed by atoms with Gasteiger partial charge in [-0.1, -0.05) is 12.1 Å². The van der Waals surface area contributed by atoms with Crippen LogP contribution in [-0.4, -0.2) is 31.7 Å². The van der Waals surface area contributed by atoms with Gasteiger partial charge in [0.05, 0.1) is 5.69 Å². The van der Waals surface area contributed by atoms with Gasteiger partial charge in [0.25, 0.3) is 0 Å². The fourth-order valence-electron chi connectivity index (χ4n) is 2.18. The Hall–Kier alpha value is -2.60. The standard InChI is InChI=1S/C15H16N6/c16-8-5-15-18-19-20-21(15)14-3-1-12(2-4-14)11-13-6-9-17-10-7-13/h1-4,6-7,9-10H,5,8,11,16H2. The van der Waals surface area contributed by atoms with Crippen LogP contribution in [0.25, 0.3) is 5.69 Å². The number of rotatable bonds is 5. The van der Waals surface area contributed by atoms with Gasteiger partial charge in [0.2, 0.25) is 0 Å². The molecule has 0 atom stereocenters. The molecule has 6 heteroatoms. The molecular formula is C15H16N6. The first-order valence-electron chi connectivity index (χ1n) is 6.82. The largest absolute Gasteiger partial charge is 0.330 e. The molecule has 1 aromatic carbocycles. The zero-order valence-corrected chi connectivity index (χ0v) is 11.6. The average molecular weight is 280 g/mol. The van der Waals surface area contributed by atoms with Crippen LogP contribution in [0.3, 0.4) is 0 Å². The molecule has 2 heterocycles. The van der Waals surface area contributed by atoms with Crippen LogP contribution < -0.4 is 5.73 Å². The summed E-state index contributed by atoms with van der Waals surface area (Å²) in [6.07, 6.45) is 5.16. The molecule has 0 aliphatic heterocycles. The Kier molecular flexibility index (Phi) is 3.97. The van der Waals surface area contributed by atoms with Crippen molar-refractivity contribution in [3.63, 3.8) is 0 Å². The van der Waals surface area contributed by atoms with Crippen molar-refractivity contribution in [3.8, 4) is 5.69 Å². The second kappa shape index (κ2) is 6.23. The van der Waals surface area contributed by atoms with Crippen LogP contribution in [0.4, 0.5) is 0 Å². The summed E-state index contributed by atoms with van der Waals surface area (Å²) < 4.78 is 1.73. The van der Waals surface area contributed by atoms with Crippen molar-refractivity contribution in [2.24, 2.45) is 5.73 Å². The van der Waals surface area contributed by atoms with E-state index in [1.54, 1.807) is 4.68 Å². The Labute approximate surface area is 122 Å². The lowest BCUT2D eigenvalue weighted by Gasteiger charge is -2.06. The number of hydrogen-bond acceptors (Lipinski definition) is 5. The molecule has 0 saturated carbocycles. The second-order valence-corrected chi connectivity index (χ2v) is 4.74. The van der Waals surface area contributed by atoms with Crippen molar-refractivity contribution in [1.82, 2.24) is 25.2 Å². The summed E-state index contributed by atoms with van der Waals surface area (Å²) in [5.74, 6) is 0.777. The van der Waals surface area contributed by atoms with E-state index in [4.69, 9.17) is 5.73 Å². The zero-order chi connectivity index (χ0) is 14.5. The van der Waals surface area contributed by atoms with Gasteiger partial charge in [-0.2, -0.15) is 4.68 Å². The number of nitrogens with zero attached hydrogens (tertiary/aromatic N) is 5. The van der Waals surface area contributed by atoms with E-state index in [2.05, 4.69) is 32.6 Å². The highest BCUT2D eigenvalue weighted by Crippen LogP contribution is 2.13. The van der Waals surface area contributed by atoms with Gasteiger partial charge in [-0.05, 0) is 58.8 Å². The molecule has 21 heavy (non-hydrogen) atoms. The van der Waals surface area contributed by atoms with Gasteiger partial charge in [-0.3, -0.25) is 4.98 Å². The molecule has 3 aromatic rings. The third-order valence-electron chi connectivity index (χ3n) is 3.24. The molecule has 6 nitrogen and oxygen atoms in total. The molecule has 0 aliphatic rings. The normalized spacial score (nSPS) is 10.7. The van der Waals surface area contributed by atoms with E-state index in [1.807, 2.05) is 36.7 Å². The van der Waals surface area contributed by atoms with Gasteiger partial charge in [0.1, 0.15) is 0 Å². The lowest BCUT2D eigenvalue weighted by Crippen LogP contribution is -2.09. The first kappa shape index (κ1) is 13.4. The smallest absolute Gasteiger partial charge is 0.157 e. The minimum absolute atomic E-state index is 0.528. The maximum absolute atomic E-state index is 5.56. The topological polar surface area (TPSA) is 82.5 Å². The van der Waals surface area contributed by atoms with Gasteiger partial charge in [0, 0.05) is 18.8 Å². The van der Waals surface area contributed by atoms with Crippen LogP contribution in [-0.2, 0) is 12.8 Å². The van der Waals surface area contributed by atoms with Crippen molar-refractivity contribution in [3.05, 3.63) is 65.7 Å². The summed E-state index contributed by atoms with van der Waals surface area (Å²) in [6.45, 7) is 0.528. The summed E-state index contributed by atoms with van der Waals surface area (Å²) in [5, 5.41) is 11.7. The van der Waals surface area contributed by atoms with Crippen LogP contribution in [0.2, 0.25) is 0 Å². The third kappa shape index (κ3) is 3.11. The first-order chi connectivity index (χ1) is 10.4. The Bertz CT molecular complexity index is 690. The van der Waals surface area contributed by atoms with E-state index >= 15 is 0 Å². The molecular weight excluding hydrogens is 264 g/mol. The Morgan fingerprint density at radius 3 is 2.38 bits per heavy atom. The SMILES string of the molecule is NCCc1nnnn1-c1ccc(Cc2ccncc2)cc1. The minimum Gasteiger partial charge on any atom is -0.330 e. The van der Waals surface area contributed by atoms with E-state index in [0.29, 0.717) is 13.0 Å². The Morgan fingerprint density at radius 2 is 1.67 bits per heavy atom. The fourth-order valence-corrected chi connectivity index (χ4v) is 2.18. The summed E-state index contributed by atoms with van der Waals surface area (Å²) in [7, 11) is 0. The molecule has 2 N–H and O–H groups in total. The van der Waals surface area contributed by atoms with E-state index < -0.39 is 0 Å². The molecule has 0 spiro atoms. The highest BCUT2D eigenvalue weighted by molar-refractivity contribution is 5.36. The predicted molar refractivity (Wildman–Crippen MR) is 79.0 cm³/mol. The van der Waals surface area contributed by atoms with Crippen molar-refractivity contribution in [1.29, 1.82) is 0 Å². The molecule has 3 rings (SSSR count). The fraction of sp³-hybridized carbons (Fsp3) is 0.200. The third-order valence-corrected chi connectivity index (χ3v) is 3.24. The summed E-state index contributed by atoms with van der Waals surface area (Å²) in [4.78, 5) is 4.03. The lowest BCUT2D eigenvalue weighted by atomic mass is 10.1. The highest BCUT2D eigenvalue weighted by Gasteiger charge is 2.07. The van der Waals surface area contributed by atoms with E-state index in [9.17, 15) is 0 Å². The van der Waals surface area contributed by atoms with Crippen molar-refractivity contribution in [2.45, 2.75) is 12.8 Å². The van der Waals surface area contributed by atoms with Crippen LogP contribution in [0, 0.1) is 0 Å². The van der Waals surface area contributed by atoms with E-state index in [-0.39, 0.29) is 0 Å². The van der Waals surface area contributed by atoms with Gasteiger partial charge in [-0.15, -0.1) is 5.10 Å². The molecule has 0 amide bonds. The summed E-state index contributed by atoms with van der Waals surface area (Å²) in [5.41, 5.74) is 8.98. The molecule has 2 aromatic heterocycles. The first-order valence-corrected chi connectivity index (χ1v) is 6.82. The molecule has 0 bridgehead atoms. The van der Waals surface area contributed by atoms with E-state index in [0.717, 1.165) is 17.9 Å². The number of nitrogens with two attached hydrogens (primary N) is 1. The van der Waals surface area contributed by atoms with E-state index in [1.165, 1.54) is 11.1 Å². The minimum atomic E-state index is 0.528. The summed E-state index contributed by atoms with van der Waals surface area (Å²) >= 11 is 0. The second-order valence-electron chi connectivity index (χ2n) is 4.74. The summed E-state index contributed by atoms with van der Waals surface area (Å²) in [6, 6.07) is 12.3. The van der Waals surface area contributed by atoms with Crippen LogP contribution in [0.15, 0.2) is 48.8 Å². The van der Waals surface area contributed by atoms with Gasteiger partial charge >= 0.3 is 0 Å².